The van der Waals surface area contributed by atoms with Crippen LogP contribution in [0.1, 0.15) is 38.1 Å². The summed E-state index contributed by atoms with van der Waals surface area (Å²) in [5.41, 5.74) is 1.64. The van der Waals surface area contributed by atoms with E-state index in [1.807, 2.05) is 40.0 Å². The van der Waals surface area contributed by atoms with Gasteiger partial charge in [0, 0.05) is 31.5 Å². The zero-order chi connectivity index (χ0) is 14.8. The molecule has 2 rings (SSSR count). The molecule has 1 fully saturated rings. The maximum atomic E-state index is 12.1. The van der Waals surface area contributed by atoms with Crippen molar-refractivity contribution in [1.82, 2.24) is 15.2 Å². The molecule has 5 nitrogen and oxygen atoms in total. The van der Waals surface area contributed by atoms with E-state index in [0.717, 1.165) is 17.8 Å². The molecular formula is C15H23N3O2. The van der Waals surface area contributed by atoms with Crippen LogP contribution in [0, 0.1) is 6.92 Å². The average Bonchev–Trinajstić information content (AvgIpc) is 2.38. The fraction of sp³-hybridized carbons (Fsp3) is 0.600. The van der Waals surface area contributed by atoms with E-state index >= 15 is 0 Å². The molecule has 1 atom stereocenters. The van der Waals surface area contributed by atoms with E-state index in [1.54, 1.807) is 4.90 Å². The normalized spacial score (nSPS) is 19.8. The summed E-state index contributed by atoms with van der Waals surface area (Å²) in [6.07, 6.45) is 1.62. The summed E-state index contributed by atoms with van der Waals surface area (Å²) in [5, 5.41) is 3.41. The van der Waals surface area contributed by atoms with Crippen molar-refractivity contribution < 1.29 is 9.53 Å². The molecule has 1 saturated heterocycles. The third-order valence-electron chi connectivity index (χ3n) is 3.16. The molecule has 1 aliphatic rings. The number of carbonyl (C=O) groups excluding carboxylic acids is 1. The van der Waals surface area contributed by atoms with Crippen LogP contribution in [-0.4, -0.2) is 41.2 Å². The lowest BCUT2D eigenvalue weighted by Gasteiger charge is -2.35. The van der Waals surface area contributed by atoms with Gasteiger partial charge in [0.25, 0.3) is 0 Å². The lowest BCUT2D eigenvalue weighted by Crippen LogP contribution is -2.49. The second-order valence-corrected chi connectivity index (χ2v) is 6.17. The van der Waals surface area contributed by atoms with Gasteiger partial charge in [0.1, 0.15) is 5.60 Å². The molecule has 0 radical (unpaired) electrons. The number of amides is 1. The molecule has 1 unspecified atom stereocenters. The highest BCUT2D eigenvalue weighted by atomic mass is 16.6. The molecule has 110 valence electrons. The Bertz CT molecular complexity index is 465. The molecule has 2 heterocycles. The number of carbonyl (C=O) groups is 1. The van der Waals surface area contributed by atoms with Gasteiger partial charge in [0.15, 0.2) is 0 Å². The lowest BCUT2D eigenvalue weighted by molar-refractivity contribution is 0.0195. The van der Waals surface area contributed by atoms with Gasteiger partial charge in [0.2, 0.25) is 0 Å². The maximum absolute atomic E-state index is 12.1. The number of nitrogens with zero attached hydrogens (tertiary/aromatic N) is 2. The molecule has 0 aliphatic carbocycles. The highest BCUT2D eigenvalue weighted by Gasteiger charge is 2.28. The van der Waals surface area contributed by atoms with Gasteiger partial charge in [-0.15, -0.1) is 0 Å². The molecule has 0 aromatic carbocycles. The van der Waals surface area contributed by atoms with Gasteiger partial charge in [-0.2, -0.15) is 0 Å². The molecule has 1 aromatic rings. The number of rotatable bonds is 1. The van der Waals surface area contributed by atoms with Crippen LogP contribution in [0.4, 0.5) is 4.79 Å². The number of aryl methyl sites for hydroxylation is 1. The van der Waals surface area contributed by atoms with Gasteiger partial charge in [0.05, 0.1) is 6.04 Å². The van der Waals surface area contributed by atoms with Crippen molar-refractivity contribution in [3.8, 4) is 0 Å². The van der Waals surface area contributed by atoms with Gasteiger partial charge in [-0.3, -0.25) is 4.98 Å². The van der Waals surface area contributed by atoms with E-state index in [4.69, 9.17) is 4.74 Å². The van der Waals surface area contributed by atoms with E-state index in [9.17, 15) is 4.79 Å². The van der Waals surface area contributed by atoms with Crippen LogP contribution < -0.4 is 5.32 Å². The fourth-order valence-corrected chi connectivity index (χ4v) is 2.15. The van der Waals surface area contributed by atoms with Gasteiger partial charge >= 0.3 is 6.09 Å². The summed E-state index contributed by atoms with van der Waals surface area (Å²) in [7, 11) is 0. The maximum Gasteiger partial charge on any atom is 0.410 e. The standard InChI is InChI=1S/C15H23N3O2/c1-11-5-6-12(9-17-11)13-10-18(8-7-16-13)14(19)20-15(2,3)4/h5-6,9,13,16H,7-8,10H2,1-4H3. The van der Waals surface area contributed by atoms with Gasteiger partial charge < -0.3 is 15.0 Å². The zero-order valence-electron chi connectivity index (χ0n) is 12.6. The highest BCUT2D eigenvalue weighted by Crippen LogP contribution is 2.19. The number of hydrogen-bond acceptors (Lipinski definition) is 4. The SMILES string of the molecule is Cc1ccc(C2CN(C(=O)OC(C)(C)C)CCN2)cn1. The Morgan fingerprint density at radius 2 is 2.20 bits per heavy atom. The first kappa shape index (κ1) is 14.8. The molecule has 5 heteroatoms. The first-order valence-corrected chi connectivity index (χ1v) is 6.99. The van der Waals surface area contributed by atoms with Crippen molar-refractivity contribution in [1.29, 1.82) is 0 Å². The van der Waals surface area contributed by atoms with Crippen LogP contribution >= 0.6 is 0 Å². The topological polar surface area (TPSA) is 54.5 Å². The number of aromatic nitrogens is 1. The molecule has 0 spiro atoms. The number of pyridine rings is 1. The Kier molecular flexibility index (Phi) is 4.28. The predicted octanol–water partition coefficient (Wildman–Crippen LogP) is 2.27. The quantitative estimate of drug-likeness (QED) is 0.855. The number of ether oxygens (including phenoxy) is 1. The van der Waals surface area contributed by atoms with Crippen LogP contribution in [-0.2, 0) is 4.74 Å². The summed E-state index contributed by atoms with van der Waals surface area (Å²) < 4.78 is 5.42. The highest BCUT2D eigenvalue weighted by molar-refractivity contribution is 5.68. The smallest absolute Gasteiger partial charge is 0.410 e. The van der Waals surface area contributed by atoms with Crippen LogP contribution in [0.15, 0.2) is 18.3 Å². The van der Waals surface area contributed by atoms with Crippen molar-refractivity contribution >= 4 is 6.09 Å². The summed E-state index contributed by atoms with van der Waals surface area (Å²) in [4.78, 5) is 18.2. The van der Waals surface area contributed by atoms with Crippen LogP contribution in [0.2, 0.25) is 0 Å². The molecule has 1 N–H and O–H groups in total. The van der Waals surface area contributed by atoms with E-state index in [1.165, 1.54) is 0 Å². The van der Waals surface area contributed by atoms with Crippen molar-refractivity contribution in [2.24, 2.45) is 0 Å². The number of piperazine rings is 1. The Hall–Kier alpha value is -1.62. The molecule has 0 saturated carbocycles. The average molecular weight is 277 g/mol. The molecule has 1 aliphatic heterocycles. The minimum absolute atomic E-state index is 0.115. The summed E-state index contributed by atoms with van der Waals surface area (Å²) >= 11 is 0. The van der Waals surface area contributed by atoms with E-state index in [-0.39, 0.29) is 12.1 Å². The first-order valence-electron chi connectivity index (χ1n) is 6.99. The fourth-order valence-electron chi connectivity index (χ4n) is 2.15. The Labute approximate surface area is 120 Å². The van der Waals surface area contributed by atoms with Crippen molar-refractivity contribution in [2.75, 3.05) is 19.6 Å². The molecule has 20 heavy (non-hydrogen) atoms. The minimum Gasteiger partial charge on any atom is -0.444 e. The molecular weight excluding hydrogens is 254 g/mol. The van der Waals surface area contributed by atoms with Crippen LogP contribution in [0.3, 0.4) is 0 Å². The third kappa shape index (κ3) is 3.93. The van der Waals surface area contributed by atoms with Crippen molar-refractivity contribution in [2.45, 2.75) is 39.3 Å². The van der Waals surface area contributed by atoms with E-state index in [0.29, 0.717) is 13.1 Å². The monoisotopic (exact) mass is 277 g/mol. The van der Waals surface area contributed by atoms with Crippen LogP contribution in [0.25, 0.3) is 0 Å². The van der Waals surface area contributed by atoms with Crippen LogP contribution in [0.5, 0.6) is 0 Å². The van der Waals surface area contributed by atoms with E-state index < -0.39 is 5.60 Å². The van der Waals surface area contributed by atoms with Gasteiger partial charge in [-0.25, -0.2) is 4.79 Å². The largest absolute Gasteiger partial charge is 0.444 e. The minimum atomic E-state index is -0.455. The van der Waals surface area contributed by atoms with E-state index in [2.05, 4.69) is 16.4 Å². The first-order chi connectivity index (χ1) is 9.35. The number of hydrogen-bond donors (Lipinski definition) is 1. The summed E-state index contributed by atoms with van der Waals surface area (Å²) in [5.74, 6) is 0. The zero-order valence-corrected chi connectivity index (χ0v) is 12.6. The number of nitrogens with one attached hydrogen (secondary N) is 1. The molecule has 1 aromatic heterocycles. The summed E-state index contributed by atoms with van der Waals surface area (Å²) in [6, 6.07) is 4.16. The molecule has 0 bridgehead atoms. The molecule has 1 amide bonds. The second-order valence-electron chi connectivity index (χ2n) is 6.17. The lowest BCUT2D eigenvalue weighted by atomic mass is 10.1. The Morgan fingerprint density at radius 3 is 2.80 bits per heavy atom. The predicted molar refractivity (Wildman–Crippen MR) is 77.5 cm³/mol. The third-order valence-corrected chi connectivity index (χ3v) is 3.16. The van der Waals surface area contributed by atoms with Gasteiger partial charge in [-0.1, -0.05) is 6.07 Å². The Balaban J connectivity index is 2.01. The summed E-state index contributed by atoms with van der Waals surface area (Å²) in [6.45, 7) is 9.66. The van der Waals surface area contributed by atoms with Crippen molar-refractivity contribution in [3.63, 3.8) is 0 Å². The second kappa shape index (κ2) is 5.79. The van der Waals surface area contributed by atoms with Gasteiger partial charge in [-0.05, 0) is 39.3 Å². The van der Waals surface area contributed by atoms with Crippen molar-refractivity contribution in [3.05, 3.63) is 29.6 Å². The Morgan fingerprint density at radius 1 is 1.45 bits per heavy atom.